The highest BCUT2D eigenvalue weighted by Gasteiger charge is 2.52. The number of rotatable bonds is 3. The summed E-state index contributed by atoms with van der Waals surface area (Å²) in [6, 6.07) is 4.12. The Kier molecular flexibility index (Phi) is 3.56. The maximum Gasteiger partial charge on any atom is 0.156 e. The van der Waals surface area contributed by atoms with E-state index in [0.29, 0.717) is 12.3 Å². The molecular weight excluding hydrogens is 274 g/mol. The highest BCUT2D eigenvalue weighted by molar-refractivity contribution is 7.92. The van der Waals surface area contributed by atoms with Crippen LogP contribution in [0.4, 0.5) is 0 Å². The minimum Gasteiger partial charge on any atom is -0.305 e. The van der Waals surface area contributed by atoms with Crippen molar-refractivity contribution in [2.45, 2.75) is 17.8 Å². The fraction of sp³-hybridized carbons (Fsp3) is 0.643. The zero-order valence-electron chi connectivity index (χ0n) is 11.9. The van der Waals surface area contributed by atoms with Crippen molar-refractivity contribution >= 4 is 9.84 Å². The first kappa shape index (κ1) is 14.0. The highest BCUT2D eigenvalue weighted by atomic mass is 32.2. The molecule has 1 aromatic heterocycles. The molecule has 2 aliphatic rings. The van der Waals surface area contributed by atoms with Crippen molar-refractivity contribution in [3.63, 3.8) is 0 Å². The summed E-state index contributed by atoms with van der Waals surface area (Å²) >= 11 is 0. The summed E-state index contributed by atoms with van der Waals surface area (Å²) in [6.07, 6.45) is 3.61. The summed E-state index contributed by atoms with van der Waals surface area (Å²) in [5.74, 6) is 0.558. The zero-order chi connectivity index (χ0) is 14.3. The Morgan fingerprint density at radius 3 is 2.85 bits per heavy atom. The number of hydrogen-bond donors (Lipinski definition) is 0. The van der Waals surface area contributed by atoms with E-state index in [4.69, 9.17) is 0 Å². The van der Waals surface area contributed by atoms with Crippen molar-refractivity contribution in [2.24, 2.45) is 5.92 Å². The van der Waals surface area contributed by atoms with E-state index in [9.17, 15) is 8.42 Å². The van der Waals surface area contributed by atoms with Gasteiger partial charge in [0.1, 0.15) is 0 Å². The molecule has 0 unspecified atom stereocenters. The van der Waals surface area contributed by atoms with E-state index in [0.717, 1.165) is 18.7 Å². The Balaban J connectivity index is 1.75. The molecule has 2 fully saturated rings. The predicted octanol–water partition coefficient (Wildman–Crippen LogP) is 0.241. The Morgan fingerprint density at radius 2 is 2.20 bits per heavy atom. The van der Waals surface area contributed by atoms with Crippen LogP contribution in [-0.4, -0.2) is 67.4 Å². The quantitative estimate of drug-likeness (QED) is 0.799. The fourth-order valence-electron chi connectivity index (χ4n) is 3.53. The lowest BCUT2D eigenvalue weighted by molar-refractivity contribution is 0.229. The lowest BCUT2D eigenvalue weighted by Crippen LogP contribution is -2.37. The molecule has 1 aromatic rings. The van der Waals surface area contributed by atoms with E-state index in [1.807, 2.05) is 32.4 Å². The summed E-state index contributed by atoms with van der Waals surface area (Å²) in [6.45, 7) is 2.31. The van der Waals surface area contributed by atoms with Crippen molar-refractivity contribution in [1.29, 1.82) is 0 Å². The van der Waals surface area contributed by atoms with Gasteiger partial charge in [-0.3, -0.25) is 9.88 Å². The second kappa shape index (κ2) is 5.09. The lowest BCUT2D eigenvalue weighted by atomic mass is 10.00. The van der Waals surface area contributed by atoms with Crippen LogP contribution in [0.5, 0.6) is 0 Å². The van der Waals surface area contributed by atoms with Gasteiger partial charge in [-0.05, 0) is 25.7 Å². The molecule has 0 bridgehead atoms. The van der Waals surface area contributed by atoms with Gasteiger partial charge in [-0.25, -0.2) is 8.42 Å². The maximum atomic E-state index is 12.3. The first-order chi connectivity index (χ1) is 9.47. The molecule has 0 aliphatic carbocycles. The van der Waals surface area contributed by atoms with Gasteiger partial charge >= 0.3 is 0 Å². The normalized spacial score (nSPS) is 32.6. The minimum atomic E-state index is -2.94. The van der Waals surface area contributed by atoms with Crippen LogP contribution < -0.4 is 0 Å². The van der Waals surface area contributed by atoms with Crippen LogP contribution in [0, 0.1) is 5.92 Å². The van der Waals surface area contributed by atoms with Crippen LogP contribution in [0.2, 0.25) is 0 Å². The van der Waals surface area contributed by atoms with Gasteiger partial charge in [-0.1, -0.05) is 6.07 Å². The predicted molar refractivity (Wildman–Crippen MR) is 78.1 cm³/mol. The molecule has 3 atom stereocenters. The van der Waals surface area contributed by atoms with Gasteiger partial charge in [0.05, 0.1) is 11.0 Å². The molecule has 5 nitrogen and oxygen atoms in total. The van der Waals surface area contributed by atoms with Gasteiger partial charge in [0.15, 0.2) is 9.84 Å². The maximum absolute atomic E-state index is 12.3. The van der Waals surface area contributed by atoms with Crippen molar-refractivity contribution in [2.75, 3.05) is 32.9 Å². The molecule has 0 amide bonds. The summed E-state index contributed by atoms with van der Waals surface area (Å²) < 4.78 is 24.6. The largest absolute Gasteiger partial charge is 0.305 e. The molecule has 0 spiro atoms. The van der Waals surface area contributed by atoms with Crippen LogP contribution >= 0.6 is 0 Å². The van der Waals surface area contributed by atoms with Crippen LogP contribution in [0.3, 0.4) is 0 Å². The third-order valence-electron chi connectivity index (χ3n) is 4.54. The molecule has 2 saturated heterocycles. The molecule has 0 saturated carbocycles. The molecule has 110 valence electrons. The van der Waals surface area contributed by atoms with Gasteiger partial charge in [-0.2, -0.15) is 0 Å². The topological polar surface area (TPSA) is 53.5 Å². The van der Waals surface area contributed by atoms with Gasteiger partial charge in [-0.15, -0.1) is 0 Å². The van der Waals surface area contributed by atoms with Crippen LogP contribution in [0.25, 0.3) is 0 Å². The standard InChI is InChI=1S/C14H21N3O2S/c1-16(2)13-10-20(18,19)14-9-17(8-12(13)14)7-11-4-3-5-15-6-11/h3-6,12-14H,7-10H2,1-2H3/t12-,13+,14-/m0/s1. The average Bonchev–Trinajstić information content (AvgIpc) is 2.90. The van der Waals surface area contributed by atoms with E-state index < -0.39 is 9.84 Å². The van der Waals surface area contributed by atoms with E-state index >= 15 is 0 Å². The molecule has 3 rings (SSSR count). The third kappa shape index (κ3) is 2.47. The summed E-state index contributed by atoms with van der Waals surface area (Å²) in [5, 5.41) is -0.188. The third-order valence-corrected chi connectivity index (χ3v) is 6.76. The average molecular weight is 295 g/mol. The molecule has 3 heterocycles. The van der Waals surface area contributed by atoms with Crippen LogP contribution in [-0.2, 0) is 16.4 Å². The summed E-state index contributed by atoms with van der Waals surface area (Å²) in [5.41, 5.74) is 1.14. The van der Waals surface area contributed by atoms with Crippen molar-refractivity contribution in [3.8, 4) is 0 Å². The lowest BCUT2D eigenvalue weighted by Gasteiger charge is -2.25. The van der Waals surface area contributed by atoms with Crippen LogP contribution in [0.1, 0.15) is 5.56 Å². The molecule has 0 radical (unpaired) electrons. The summed E-state index contributed by atoms with van der Waals surface area (Å²) in [7, 11) is 1.01. The molecule has 6 heteroatoms. The molecule has 0 N–H and O–H groups in total. The molecule has 0 aromatic carbocycles. The van der Waals surface area contributed by atoms with Crippen LogP contribution in [0.15, 0.2) is 24.5 Å². The van der Waals surface area contributed by atoms with Crippen molar-refractivity contribution < 1.29 is 8.42 Å². The first-order valence-electron chi connectivity index (χ1n) is 6.96. The SMILES string of the molecule is CN(C)[C@@H]1CS(=O)(=O)[C@H]2CN(Cc3cccnc3)C[C@@H]12. The number of pyridine rings is 1. The van der Waals surface area contributed by atoms with E-state index in [-0.39, 0.29) is 17.2 Å². The number of likely N-dealkylation sites (tertiary alicyclic amines) is 1. The van der Waals surface area contributed by atoms with E-state index in [1.54, 1.807) is 6.20 Å². The van der Waals surface area contributed by atoms with Gasteiger partial charge in [0, 0.05) is 44.0 Å². The number of hydrogen-bond acceptors (Lipinski definition) is 5. The van der Waals surface area contributed by atoms with Crippen molar-refractivity contribution in [1.82, 2.24) is 14.8 Å². The highest BCUT2D eigenvalue weighted by Crippen LogP contribution is 2.36. The van der Waals surface area contributed by atoms with E-state index in [2.05, 4.69) is 14.8 Å². The second-order valence-electron chi connectivity index (χ2n) is 6.12. The number of nitrogens with zero attached hydrogens (tertiary/aromatic N) is 3. The number of aromatic nitrogens is 1. The van der Waals surface area contributed by atoms with Gasteiger partial charge in [0.25, 0.3) is 0 Å². The zero-order valence-corrected chi connectivity index (χ0v) is 12.8. The number of fused-ring (bicyclic) bond motifs is 1. The monoisotopic (exact) mass is 295 g/mol. The Labute approximate surface area is 120 Å². The Hall–Kier alpha value is -0.980. The van der Waals surface area contributed by atoms with Crippen molar-refractivity contribution in [3.05, 3.63) is 30.1 Å². The minimum absolute atomic E-state index is 0.156. The second-order valence-corrected chi connectivity index (χ2v) is 8.38. The van der Waals surface area contributed by atoms with Gasteiger partial charge < -0.3 is 4.90 Å². The Morgan fingerprint density at radius 1 is 1.40 bits per heavy atom. The molecule has 2 aliphatic heterocycles. The molecule has 20 heavy (non-hydrogen) atoms. The summed E-state index contributed by atoms with van der Waals surface area (Å²) in [4.78, 5) is 8.43. The molecular formula is C14H21N3O2S. The Bertz CT molecular complexity index is 573. The number of sulfone groups is 1. The smallest absolute Gasteiger partial charge is 0.156 e. The first-order valence-corrected chi connectivity index (χ1v) is 8.68. The van der Waals surface area contributed by atoms with E-state index in [1.165, 1.54) is 0 Å². The van der Waals surface area contributed by atoms with Gasteiger partial charge in [0.2, 0.25) is 0 Å². The fourth-order valence-corrected chi connectivity index (χ4v) is 6.03.